The van der Waals surface area contributed by atoms with E-state index in [1.165, 1.54) is 12.1 Å². The van der Waals surface area contributed by atoms with Crippen molar-refractivity contribution in [3.05, 3.63) is 34.1 Å². The zero-order chi connectivity index (χ0) is 11.4. The summed E-state index contributed by atoms with van der Waals surface area (Å²) in [6.45, 7) is 5.22. The molecular weight excluding hydrogens is 199 g/mol. The minimum Gasteiger partial charge on any atom is -0.372 e. The molecule has 0 radical (unpaired) electrons. The molecule has 0 heterocycles. The van der Waals surface area contributed by atoms with Crippen LogP contribution in [-0.2, 0) is 0 Å². The second-order valence-corrected chi connectivity index (χ2v) is 3.10. The normalized spacial score (nSPS) is 10.1. The van der Waals surface area contributed by atoms with Gasteiger partial charge in [0.25, 0.3) is 5.69 Å². The van der Waals surface area contributed by atoms with Gasteiger partial charge in [-0.2, -0.15) is 0 Å². The first-order chi connectivity index (χ1) is 7.08. The van der Waals surface area contributed by atoms with Gasteiger partial charge in [-0.05, 0) is 19.9 Å². The van der Waals surface area contributed by atoms with Crippen molar-refractivity contribution in [1.82, 2.24) is 0 Å². The lowest BCUT2D eigenvalue weighted by Gasteiger charge is -2.20. The summed E-state index contributed by atoms with van der Waals surface area (Å²) in [7, 11) is 0. The van der Waals surface area contributed by atoms with Crippen molar-refractivity contribution in [1.29, 1.82) is 0 Å². The van der Waals surface area contributed by atoms with Gasteiger partial charge in [-0.25, -0.2) is 4.39 Å². The molecule has 1 aromatic rings. The van der Waals surface area contributed by atoms with E-state index in [4.69, 9.17) is 0 Å². The molecule has 0 spiro atoms. The highest BCUT2D eigenvalue weighted by Crippen LogP contribution is 2.22. The maximum atomic E-state index is 13.1. The van der Waals surface area contributed by atoms with Crippen LogP contribution in [0.3, 0.4) is 0 Å². The topological polar surface area (TPSA) is 46.4 Å². The van der Waals surface area contributed by atoms with Crippen LogP contribution in [0.25, 0.3) is 0 Å². The fourth-order valence-corrected chi connectivity index (χ4v) is 1.44. The monoisotopic (exact) mass is 212 g/mol. The molecule has 1 aromatic carbocycles. The lowest BCUT2D eigenvalue weighted by Crippen LogP contribution is -2.21. The van der Waals surface area contributed by atoms with Crippen molar-refractivity contribution in [2.75, 3.05) is 18.0 Å². The first-order valence-electron chi connectivity index (χ1n) is 4.78. The lowest BCUT2D eigenvalue weighted by molar-refractivity contribution is -0.385. The molecule has 82 valence electrons. The Balaban J connectivity index is 3.13. The highest BCUT2D eigenvalue weighted by molar-refractivity contribution is 5.53. The predicted octanol–water partition coefficient (Wildman–Crippen LogP) is 2.58. The van der Waals surface area contributed by atoms with Gasteiger partial charge >= 0.3 is 0 Å². The fourth-order valence-electron chi connectivity index (χ4n) is 1.44. The molecule has 0 atom stereocenters. The van der Waals surface area contributed by atoms with Crippen molar-refractivity contribution in [3.8, 4) is 0 Å². The smallest absolute Gasteiger partial charge is 0.274 e. The van der Waals surface area contributed by atoms with Crippen LogP contribution >= 0.6 is 0 Å². The molecule has 15 heavy (non-hydrogen) atoms. The third-order valence-corrected chi connectivity index (χ3v) is 2.21. The summed E-state index contributed by atoms with van der Waals surface area (Å²) >= 11 is 0. The number of non-ortho nitro benzene ring substituents is 1. The first-order valence-corrected chi connectivity index (χ1v) is 4.78. The number of hydrogen-bond donors (Lipinski definition) is 0. The average Bonchev–Trinajstić information content (AvgIpc) is 2.18. The van der Waals surface area contributed by atoms with Gasteiger partial charge in [0.15, 0.2) is 0 Å². The van der Waals surface area contributed by atoms with Gasteiger partial charge in [0.1, 0.15) is 5.82 Å². The Morgan fingerprint density at radius 1 is 1.33 bits per heavy atom. The molecular formula is C10H13FN2O2. The number of nitro groups is 1. The zero-order valence-corrected chi connectivity index (χ0v) is 8.74. The standard InChI is InChI=1S/C10H13FN2O2/c1-3-12(4-2)9-5-8(11)6-10(7-9)13(14)15/h5-7H,3-4H2,1-2H3. The molecule has 0 fully saturated rings. The van der Waals surface area contributed by atoms with E-state index in [1.54, 1.807) is 0 Å². The summed E-state index contributed by atoms with van der Waals surface area (Å²) in [4.78, 5) is 11.8. The third kappa shape index (κ3) is 2.65. The van der Waals surface area contributed by atoms with Crippen LogP contribution in [0.4, 0.5) is 15.8 Å². The zero-order valence-electron chi connectivity index (χ0n) is 8.74. The third-order valence-electron chi connectivity index (χ3n) is 2.21. The van der Waals surface area contributed by atoms with E-state index >= 15 is 0 Å². The van der Waals surface area contributed by atoms with E-state index in [1.807, 2.05) is 18.7 Å². The first kappa shape index (κ1) is 11.4. The van der Waals surface area contributed by atoms with E-state index in [9.17, 15) is 14.5 Å². The van der Waals surface area contributed by atoms with Crippen molar-refractivity contribution in [2.45, 2.75) is 13.8 Å². The number of hydrogen-bond acceptors (Lipinski definition) is 3. The summed E-state index contributed by atoms with van der Waals surface area (Å²) in [6, 6.07) is 3.61. The van der Waals surface area contributed by atoms with Crippen LogP contribution in [-0.4, -0.2) is 18.0 Å². The van der Waals surface area contributed by atoms with Crippen LogP contribution < -0.4 is 4.90 Å². The number of nitrogens with zero attached hydrogens (tertiary/aromatic N) is 2. The highest BCUT2D eigenvalue weighted by Gasteiger charge is 2.12. The van der Waals surface area contributed by atoms with Crippen LogP contribution in [0.15, 0.2) is 18.2 Å². The predicted molar refractivity (Wildman–Crippen MR) is 56.6 cm³/mol. The molecule has 0 saturated carbocycles. The van der Waals surface area contributed by atoms with Gasteiger partial charge in [0, 0.05) is 24.8 Å². The second kappa shape index (κ2) is 4.72. The summed E-state index contributed by atoms with van der Waals surface area (Å²) in [5.74, 6) is -0.578. The molecule has 0 aliphatic rings. The minimum atomic E-state index is -0.587. The van der Waals surface area contributed by atoms with Crippen molar-refractivity contribution >= 4 is 11.4 Å². The Labute approximate surface area is 87.5 Å². The van der Waals surface area contributed by atoms with E-state index < -0.39 is 10.7 Å². The quantitative estimate of drug-likeness (QED) is 0.569. The molecule has 0 saturated heterocycles. The largest absolute Gasteiger partial charge is 0.372 e. The van der Waals surface area contributed by atoms with Gasteiger partial charge in [0.05, 0.1) is 11.0 Å². The summed E-state index contributed by atoms with van der Waals surface area (Å²) in [6.07, 6.45) is 0. The van der Waals surface area contributed by atoms with E-state index in [2.05, 4.69) is 0 Å². The number of nitro benzene ring substituents is 1. The molecule has 0 aromatic heterocycles. The summed E-state index contributed by atoms with van der Waals surface area (Å²) < 4.78 is 13.1. The SMILES string of the molecule is CCN(CC)c1cc(F)cc([N+](=O)[O-])c1. The maximum absolute atomic E-state index is 13.1. The Kier molecular flexibility index (Phi) is 3.60. The molecule has 0 unspecified atom stereocenters. The Morgan fingerprint density at radius 3 is 2.40 bits per heavy atom. The minimum absolute atomic E-state index is 0.211. The van der Waals surface area contributed by atoms with Gasteiger partial charge in [0.2, 0.25) is 0 Å². The number of halogens is 1. The van der Waals surface area contributed by atoms with Crippen LogP contribution in [0.1, 0.15) is 13.8 Å². The highest BCUT2D eigenvalue weighted by atomic mass is 19.1. The Hall–Kier alpha value is -1.65. The molecule has 1 rings (SSSR count). The average molecular weight is 212 g/mol. The van der Waals surface area contributed by atoms with E-state index in [0.29, 0.717) is 18.8 Å². The van der Waals surface area contributed by atoms with Gasteiger partial charge in [-0.15, -0.1) is 0 Å². The number of anilines is 1. The Morgan fingerprint density at radius 2 is 1.93 bits per heavy atom. The van der Waals surface area contributed by atoms with E-state index in [0.717, 1.165) is 6.07 Å². The summed E-state index contributed by atoms with van der Waals surface area (Å²) in [5, 5.41) is 10.5. The van der Waals surface area contributed by atoms with Gasteiger partial charge < -0.3 is 4.90 Å². The van der Waals surface area contributed by atoms with Crippen molar-refractivity contribution < 1.29 is 9.31 Å². The second-order valence-electron chi connectivity index (χ2n) is 3.10. The molecule has 5 heteroatoms. The molecule has 0 aliphatic carbocycles. The van der Waals surface area contributed by atoms with Crippen molar-refractivity contribution in [3.63, 3.8) is 0 Å². The van der Waals surface area contributed by atoms with Crippen LogP contribution in [0, 0.1) is 15.9 Å². The van der Waals surface area contributed by atoms with Crippen LogP contribution in [0.5, 0.6) is 0 Å². The fraction of sp³-hybridized carbons (Fsp3) is 0.400. The van der Waals surface area contributed by atoms with Gasteiger partial charge in [-0.1, -0.05) is 0 Å². The van der Waals surface area contributed by atoms with Gasteiger partial charge in [-0.3, -0.25) is 10.1 Å². The molecule has 0 aliphatic heterocycles. The molecule has 0 amide bonds. The van der Waals surface area contributed by atoms with E-state index in [-0.39, 0.29) is 5.69 Å². The number of benzene rings is 1. The Bertz CT molecular complexity index is 364. The molecule has 0 N–H and O–H groups in total. The number of rotatable bonds is 4. The molecule has 0 bridgehead atoms. The molecule has 4 nitrogen and oxygen atoms in total. The summed E-state index contributed by atoms with van der Waals surface area (Å²) in [5.41, 5.74) is 0.337. The van der Waals surface area contributed by atoms with Crippen LogP contribution in [0.2, 0.25) is 0 Å². The maximum Gasteiger partial charge on any atom is 0.274 e. The lowest BCUT2D eigenvalue weighted by atomic mass is 10.2. The van der Waals surface area contributed by atoms with Crippen molar-refractivity contribution in [2.24, 2.45) is 0 Å².